The van der Waals surface area contributed by atoms with Gasteiger partial charge in [-0.15, -0.1) is 0 Å². The predicted octanol–water partition coefficient (Wildman–Crippen LogP) is 3.04. The van der Waals surface area contributed by atoms with Crippen LogP contribution in [-0.2, 0) is 0 Å². The Bertz CT molecular complexity index is 368. The molecule has 1 fully saturated rings. The molecule has 0 amide bonds. The fraction of sp³-hybridized carbons (Fsp3) is 0.538. The van der Waals surface area contributed by atoms with E-state index < -0.39 is 0 Å². The predicted molar refractivity (Wildman–Crippen MR) is 75.5 cm³/mol. The average Bonchev–Trinajstić information content (AvgIpc) is 2.34. The molecule has 1 unspecified atom stereocenters. The largest absolute Gasteiger partial charge is 0.492 e. The van der Waals surface area contributed by atoms with Crippen molar-refractivity contribution in [1.29, 1.82) is 0 Å². The maximum absolute atomic E-state index is 6.13. The Labute approximate surface area is 112 Å². The van der Waals surface area contributed by atoms with Gasteiger partial charge in [-0.1, -0.05) is 11.6 Å². The quantitative estimate of drug-likeness (QED) is 0.913. The Balaban J connectivity index is 1.94. The third kappa shape index (κ3) is 3.54. The smallest absolute Gasteiger partial charge is 0.120 e. The summed E-state index contributed by atoms with van der Waals surface area (Å²) in [4.78, 5) is 0. The summed E-state index contributed by atoms with van der Waals surface area (Å²) in [6.07, 6.45) is 0. The van der Waals surface area contributed by atoms with E-state index in [1.165, 1.54) is 5.75 Å². The molecule has 1 aromatic rings. The van der Waals surface area contributed by atoms with Crippen molar-refractivity contribution < 1.29 is 4.74 Å². The average molecular weight is 272 g/mol. The van der Waals surface area contributed by atoms with Crippen LogP contribution in [0.4, 0.5) is 0 Å². The van der Waals surface area contributed by atoms with Gasteiger partial charge in [0.15, 0.2) is 0 Å². The van der Waals surface area contributed by atoms with Crippen LogP contribution in [0.15, 0.2) is 12.1 Å². The van der Waals surface area contributed by atoms with E-state index in [-0.39, 0.29) is 0 Å². The Morgan fingerprint density at radius 2 is 2.12 bits per heavy atom. The highest BCUT2D eigenvalue weighted by molar-refractivity contribution is 7.99. The van der Waals surface area contributed by atoms with Crippen LogP contribution in [0.5, 0.6) is 5.75 Å². The van der Waals surface area contributed by atoms with Gasteiger partial charge in [0.1, 0.15) is 12.4 Å². The molecular weight excluding hydrogens is 254 g/mol. The van der Waals surface area contributed by atoms with Crippen LogP contribution < -0.4 is 10.1 Å². The van der Waals surface area contributed by atoms with Gasteiger partial charge in [-0.05, 0) is 37.1 Å². The highest BCUT2D eigenvalue weighted by Gasteiger charge is 2.13. The minimum atomic E-state index is 0.463. The van der Waals surface area contributed by atoms with Crippen molar-refractivity contribution in [3.05, 3.63) is 28.3 Å². The lowest BCUT2D eigenvalue weighted by molar-refractivity contribution is 0.275. The van der Waals surface area contributed by atoms with Gasteiger partial charge in [-0.25, -0.2) is 0 Å². The SMILES string of the molecule is Cc1cc(OCC2CSCCN2)cc(C)c1Cl. The van der Waals surface area contributed by atoms with Crippen molar-refractivity contribution in [1.82, 2.24) is 5.32 Å². The van der Waals surface area contributed by atoms with Gasteiger partial charge in [0.25, 0.3) is 0 Å². The molecule has 0 aliphatic carbocycles. The molecule has 2 rings (SSSR count). The van der Waals surface area contributed by atoms with Crippen molar-refractivity contribution in [2.75, 3.05) is 24.7 Å². The topological polar surface area (TPSA) is 21.3 Å². The number of ether oxygens (including phenoxy) is 1. The summed E-state index contributed by atoms with van der Waals surface area (Å²) >= 11 is 8.11. The molecule has 0 radical (unpaired) electrons. The summed E-state index contributed by atoms with van der Waals surface area (Å²) in [6.45, 7) is 5.83. The van der Waals surface area contributed by atoms with E-state index in [1.807, 2.05) is 37.7 Å². The van der Waals surface area contributed by atoms with Gasteiger partial charge >= 0.3 is 0 Å². The van der Waals surface area contributed by atoms with Crippen LogP contribution in [-0.4, -0.2) is 30.7 Å². The number of benzene rings is 1. The summed E-state index contributed by atoms with van der Waals surface area (Å²) in [6, 6.07) is 4.47. The molecule has 0 bridgehead atoms. The zero-order chi connectivity index (χ0) is 12.3. The van der Waals surface area contributed by atoms with Crippen molar-refractivity contribution in [2.45, 2.75) is 19.9 Å². The van der Waals surface area contributed by atoms with E-state index in [2.05, 4.69) is 5.32 Å². The van der Waals surface area contributed by atoms with E-state index in [1.54, 1.807) is 0 Å². The van der Waals surface area contributed by atoms with E-state index in [0.29, 0.717) is 6.04 Å². The number of aryl methyl sites for hydroxylation is 2. The molecule has 0 spiro atoms. The number of nitrogens with one attached hydrogen (secondary N) is 1. The molecule has 0 saturated carbocycles. The maximum Gasteiger partial charge on any atom is 0.120 e. The van der Waals surface area contributed by atoms with E-state index in [4.69, 9.17) is 16.3 Å². The first-order valence-corrected chi connectivity index (χ1v) is 7.41. The van der Waals surface area contributed by atoms with Gasteiger partial charge in [0.05, 0.1) is 6.04 Å². The number of halogens is 1. The fourth-order valence-electron chi connectivity index (χ4n) is 1.91. The second-order valence-corrected chi connectivity index (χ2v) is 5.94. The van der Waals surface area contributed by atoms with Crippen molar-refractivity contribution in [2.24, 2.45) is 0 Å². The second-order valence-electron chi connectivity index (χ2n) is 4.41. The third-order valence-corrected chi connectivity index (χ3v) is 4.59. The molecule has 1 atom stereocenters. The number of rotatable bonds is 3. The monoisotopic (exact) mass is 271 g/mol. The van der Waals surface area contributed by atoms with Crippen molar-refractivity contribution in [3.63, 3.8) is 0 Å². The molecule has 1 saturated heterocycles. The lowest BCUT2D eigenvalue weighted by atomic mass is 10.1. The van der Waals surface area contributed by atoms with Crippen LogP contribution >= 0.6 is 23.4 Å². The third-order valence-electron chi connectivity index (χ3n) is 2.86. The van der Waals surface area contributed by atoms with Crippen molar-refractivity contribution in [3.8, 4) is 5.75 Å². The lowest BCUT2D eigenvalue weighted by Crippen LogP contribution is -2.41. The van der Waals surface area contributed by atoms with Crippen LogP contribution in [0, 0.1) is 13.8 Å². The highest BCUT2D eigenvalue weighted by Crippen LogP contribution is 2.26. The number of thioether (sulfide) groups is 1. The van der Waals surface area contributed by atoms with Crippen LogP contribution in [0.25, 0.3) is 0 Å². The Morgan fingerprint density at radius 3 is 2.71 bits per heavy atom. The summed E-state index contributed by atoms with van der Waals surface area (Å²) in [5.74, 6) is 3.25. The van der Waals surface area contributed by atoms with Crippen LogP contribution in [0.3, 0.4) is 0 Å². The summed E-state index contributed by atoms with van der Waals surface area (Å²) in [7, 11) is 0. The lowest BCUT2D eigenvalue weighted by Gasteiger charge is -2.23. The van der Waals surface area contributed by atoms with Crippen molar-refractivity contribution >= 4 is 23.4 Å². The molecule has 2 nitrogen and oxygen atoms in total. The van der Waals surface area contributed by atoms with Gasteiger partial charge in [0, 0.05) is 23.1 Å². The Kier molecular flexibility index (Phi) is 4.60. The van der Waals surface area contributed by atoms with E-state index in [0.717, 1.165) is 40.8 Å². The zero-order valence-electron chi connectivity index (χ0n) is 10.3. The van der Waals surface area contributed by atoms with E-state index in [9.17, 15) is 0 Å². The van der Waals surface area contributed by atoms with Gasteiger partial charge in [-0.2, -0.15) is 11.8 Å². The maximum atomic E-state index is 6.13. The van der Waals surface area contributed by atoms with Gasteiger partial charge in [-0.3, -0.25) is 0 Å². The van der Waals surface area contributed by atoms with Gasteiger partial charge in [0.2, 0.25) is 0 Å². The summed E-state index contributed by atoms with van der Waals surface area (Å²) in [5, 5.41) is 4.29. The molecule has 1 heterocycles. The zero-order valence-corrected chi connectivity index (χ0v) is 11.8. The normalized spacial score (nSPS) is 20.3. The summed E-state index contributed by atoms with van der Waals surface area (Å²) in [5.41, 5.74) is 2.15. The highest BCUT2D eigenvalue weighted by atomic mass is 35.5. The number of hydrogen-bond donors (Lipinski definition) is 1. The molecule has 0 aromatic heterocycles. The molecule has 17 heavy (non-hydrogen) atoms. The minimum Gasteiger partial charge on any atom is -0.492 e. The first-order chi connectivity index (χ1) is 8.16. The van der Waals surface area contributed by atoms with Gasteiger partial charge < -0.3 is 10.1 Å². The minimum absolute atomic E-state index is 0.463. The molecule has 1 aromatic carbocycles. The molecule has 4 heteroatoms. The summed E-state index contributed by atoms with van der Waals surface area (Å²) < 4.78 is 5.83. The van der Waals surface area contributed by atoms with Crippen LogP contribution in [0.1, 0.15) is 11.1 Å². The number of hydrogen-bond acceptors (Lipinski definition) is 3. The molecule has 1 aliphatic heterocycles. The Morgan fingerprint density at radius 1 is 1.41 bits per heavy atom. The standard InChI is InChI=1S/C13H18ClNOS/c1-9-5-12(6-10(2)13(9)14)16-7-11-8-17-4-3-15-11/h5-6,11,15H,3-4,7-8H2,1-2H3. The van der Waals surface area contributed by atoms with Crippen LogP contribution in [0.2, 0.25) is 5.02 Å². The molecule has 1 aliphatic rings. The fourth-order valence-corrected chi connectivity index (χ4v) is 2.95. The molecule has 94 valence electrons. The first-order valence-electron chi connectivity index (χ1n) is 5.87. The van der Waals surface area contributed by atoms with E-state index >= 15 is 0 Å². The second kappa shape index (κ2) is 5.98. The first kappa shape index (κ1) is 13.1. The molecule has 1 N–H and O–H groups in total. The molecular formula is C13H18ClNOS. The Hall–Kier alpha value is -0.380.